The zero-order valence-corrected chi connectivity index (χ0v) is 10.1. The number of aliphatic hydroxyl groups is 1. The maximum atomic E-state index is 12.7. The van der Waals surface area contributed by atoms with Gasteiger partial charge >= 0.3 is 0 Å². The molecular formula is C13H15FN2O2. The van der Waals surface area contributed by atoms with E-state index < -0.39 is 6.10 Å². The Balaban J connectivity index is 1.83. The second-order valence-electron chi connectivity index (χ2n) is 4.05. The minimum Gasteiger partial charge on any atom is -0.491 e. The maximum absolute atomic E-state index is 12.7. The molecule has 0 unspecified atom stereocenters. The smallest absolute Gasteiger partial charge is 0.123 e. The number of imidazole rings is 1. The largest absolute Gasteiger partial charge is 0.491 e. The Hall–Kier alpha value is -1.88. The summed E-state index contributed by atoms with van der Waals surface area (Å²) in [4.78, 5) is 4.07. The fraction of sp³-hybridized carbons (Fsp3) is 0.308. The molecule has 96 valence electrons. The Bertz CT molecular complexity index is 496. The predicted molar refractivity (Wildman–Crippen MR) is 64.9 cm³/mol. The second-order valence-corrected chi connectivity index (χ2v) is 4.05. The third kappa shape index (κ3) is 3.30. The van der Waals surface area contributed by atoms with Gasteiger partial charge in [-0.1, -0.05) is 0 Å². The van der Waals surface area contributed by atoms with Crippen LogP contribution >= 0.6 is 0 Å². The number of hydrogen-bond donors (Lipinski definition) is 1. The molecule has 0 aliphatic rings. The van der Waals surface area contributed by atoms with E-state index in [2.05, 4.69) is 4.98 Å². The molecule has 0 aliphatic carbocycles. The van der Waals surface area contributed by atoms with Crippen molar-refractivity contribution in [2.45, 2.75) is 19.6 Å². The van der Waals surface area contributed by atoms with Gasteiger partial charge in [-0.05, 0) is 31.2 Å². The summed E-state index contributed by atoms with van der Waals surface area (Å²) in [6, 6.07) is 5.71. The first kappa shape index (κ1) is 12.6. The topological polar surface area (TPSA) is 47.3 Å². The quantitative estimate of drug-likeness (QED) is 0.879. The van der Waals surface area contributed by atoms with Gasteiger partial charge in [-0.15, -0.1) is 0 Å². The van der Waals surface area contributed by atoms with E-state index in [1.165, 1.54) is 24.3 Å². The number of halogens is 1. The number of nitrogens with zero attached hydrogens (tertiary/aromatic N) is 2. The first-order valence-corrected chi connectivity index (χ1v) is 5.69. The summed E-state index contributed by atoms with van der Waals surface area (Å²) >= 11 is 0. The van der Waals surface area contributed by atoms with E-state index in [4.69, 9.17) is 4.74 Å². The van der Waals surface area contributed by atoms with E-state index >= 15 is 0 Å². The Morgan fingerprint density at radius 3 is 2.72 bits per heavy atom. The zero-order chi connectivity index (χ0) is 13.0. The number of rotatable bonds is 5. The number of aliphatic hydroxyl groups excluding tert-OH is 1. The highest BCUT2D eigenvalue weighted by molar-refractivity contribution is 5.22. The normalized spacial score (nSPS) is 12.4. The van der Waals surface area contributed by atoms with E-state index in [9.17, 15) is 9.50 Å². The van der Waals surface area contributed by atoms with Gasteiger partial charge in [0.05, 0.1) is 6.54 Å². The molecule has 0 aliphatic heterocycles. The lowest BCUT2D eigenvalue weighted by molar-refractivity contribution is 0.0919. The monoisotopic (exact) mass is 250 g/mol. The molecule has 18 heavy (non-hydrogen) atoms. The summed E-state index contributed by atoms with van der Waals surface area (Å²) in [5.41, 5.74) is 0. The van der Waals surface area contributed by atoms with Crippen molar-refractivity contribution in [2.24, 2.45) is 0 Å². The average molecular weight is 250 g/mol. The summed E-state index contributed by atoms with van der Waals surface area (Å²) in [7, 11) is 0. The highest BCUT2D eigenvalue weighted by Crippen LogP contribution is 2.11. The molecule has 4 nitrogen and oxygen atoms in total. The van der Waals surface area contributed by atoms with Crippen LogP contribution in [0.1, 0.15) is 5.82 Å². The summed E-state index contributed by atoms with van der Waals surface area (Å²) in [6.45, 7) is 2.45. The van der Waals surface area contributed by atoms with Crippen LogP contribution in [0.15, 0.2) is 36.7 Å². The van der Waals surface area contributed by atoms with Crippen molar-refractivity contribution in [2.75, 3.05) is 6.61 Å². The van der Waals surface area contributed by atoms with Crippen molar-refractivity contribution in [3.05, 3.63) is 48.3 Å². The molecule has 2 aromatic rings. The Kier molecular flexibility index (Phi) is 3.94. The van der Waals surface area contributed by atoms with Crippen molar-refractivity contribution in [3.8, 4) is 5.75 Å². The van der Waals surface area contributed by atoms with E-state index in [0.717, 1.165) is 5.82 Å². The molecule has 0 amide bonds. The van der Waals surface area contributed by atoms with Crippen LogP contribution < -0.4 is 4.74 Å². The third-order valence-corrected chi connectivity index (χ3v) is 2.59. The molecule has 0 spiro atoms. The van der Waals surface area contributed by atoms with Crippen molar-refractivity contribution >= 4 is 0 Å². The first-order valence-electron chi connectivity index (χ1n) is 5.69. The number of aromatic nitrogens is 2. The van der Waals surface area contributed by atoms with Crippen LogP contribution in [0.25, 0.3) is 0 Å². The minimum absolute atomic E-state index is 0.156. The van der Waals surface area contributed by atoms with Gasteiger partial charge in [-0.25, -0.2) is 9.37 Å². The maximum Gasteiger partial charge on any atom is 0.123 e. The molecule has 5 heteroatoms. The van der Waals surface area contributed by atoms with Crippen molar-refractivity contribution in [1.29, 1.82) is 0 Å². The molecule has 0 fully saturated rings. The van der Waals surface area contributed by atoms with Gasteiger partial charge in [0.2, 0.25) is 0 Å². The van der Waals surface area contributed by atoms with Gasteiger partial charge in [0.15, 0.2) is 0 Å². The Labute approximate surface area is 105 Å². The molecule has 1 N–H and O–H groups in total. The predicted octanol–water partition coefficient (Wildman–Crippen LogP) is 1.77. The summed E-state index contributed by atoms with van der Waals surface area (Å²) < 4.78 is 19.9. The third-order valence-electron chi connectivity index (χ3n) is 2.59. The van der Waals surface area contributed by atoms with Crippen LogP contribution in [0.2, 0.25) is 0 Å². The van der Waals surface area contributed by atoms with Crippen molar-refractivity contribution in [1.82, 2.24) is 9.55 Å². The Morgan fingerprint density at radius 2 is 2.11 bits per heavy atom. The molecule has 1 heterocycles. The number of hydrogen-bond acceptors (Lipinski definition) is 3. The van der Waals surface area contributed by atoms with Gasteiger partial charge in [-0.3, -0.25) is 0 Å². The van der Waals surface area contributed by atoms with Crippen LogP contribution in [0.5, 0.6) is 5.75 Å². The minimum atomic E-state index is -0.636. The molecule has 0 bridgehead atoms. The zero-order valence-electron chi connectivity index (χ0n) is 10.1. The average Bonchev–Trinajstić information content (AvgIpc) is 2.74. The van der Waals surface area contributed by atoms with Crippen LogP contribution in [0.4, 0.5) is 4.39 Å². The first-order chi connectivity index (χ1) is 8.65. The lowest BCUT2D eigenvalue weighted by Crippen LogP contribution is -2.23. The standard InChI is InChI=1S/C13H15FN2O2/c1-10-15-6-7-16(10)8-12(17)9-18-13-4-2-11(14)3-5-13/h2-7,12,17H,8-9H2,1H3/t12-/m1/s1. The fourth-order valence-electron chi connectivity index (χ4n) is 1.60. The lowest BCUT2D eigenvalue weighted by atomic mass is 10.3. The summed E-state index contributed by atoms with van der Waals surface area (Å²) in [5.74, 6) is 1.07. The van der Waals surface area contributed by atoms with Crippen molar-refractivity contribution in [3.63, 3.8) is 0 Å². The number of benzene rings is 1. The molecule has 0 saturated carbocycles. The fourth-order valence-corrected chi connectivity index (χ4v) is 1.60. The van der Waals surface area contributed by atoms with E-state index in [-0.39, 0.29) is 12.4 Å². The Morgan fingerprint density at radius 1 is 1.39 bits per heavy atom. The molecule has 1 atom stereocenters. The van der Waals surface area contributed by atoms with E-state index in [0.29, 0.717) is 12.3 Å². The van der Waals surface area contributed by atoms with Crippen LogP contribution in [-0.2, 0) is 6.54 Å². The molecular weight excluding hydrogens is 235 g/mol. The van der Waals surface area contributed by atoms with E-state index in [1.54, 1.807) is 12.4 Å². The van der Waals surface area contributed by atoms with Gasteiger partial charge in [0.1, 0.15) is 30.1 Å². The van der Waals surface area contributed by atoms with Crippen LogP contribution in [-0.4, -0.2) is 27.4 Å². The van der Waals surface area contributed by atoms with Gasteiger partial charge < -0.3 is 14.4 Å². The highest BCUT2D eigenvalue weighted by atomic mass is 19.1. The lowest BCUT2D eigenvalue weighted by Gasteiger charge is -2.13. The summed E-state index contributed by atoms with van der Waals surface area (Å²) in [6.07, 6.45) is 2.85. The molecule has 1 aromatic heterocycles. The molecule has 0 radical (unpaired) electrons. The highest BCUT2D eigenvalue weighted by Gasteiger charge is 2.08. The van der Waals surface area contributed by atoms with E-state index in [1.807, 2.05) is 11.5 Å². The number of aryl methyl sites for hydroxylation is 1. The van der Waals surface area contributed by atoms with Gasteiger partial charge in [0.25, 0.3) is 0 Å². The number of ether oxygens (including phenoxy) is 1. The van der Waals surface area contributed by atoms with Gasteiger partial charge in [0, 0.05) is 12.4 Å². The summed E-state index contributed by atoms with van der Waals surface area (Å²) in [5, 5.41) is 9.81. The van der Waals surface area contributed by atoms with Crippen LogP contribution in [0, 0.1) is 12.7 Å². The van der Waals surface area contributed by atoms with Crippen LogP contribution in [0.3, 0.4) is 0 Å². The second kappa shape index (κ2) is 5.64. The molecule has 0 saturated heterocycles. The SMILES string of the molecule is Cc1nccn1C[C@@H](O)COc1ccc(F)cc1. The molecule has 1 aromatic carbocycles. The van der Waals surface area contributed by atoms with Crippen molar-refractivity contribution < 1.29 is 14.2 Å². The molecule has 2 rings (SSSR count). The van der Waals surface area contributed by atoms with Gasteiger partial charge in [-0.2, -0.15) is 0 Å².